The van der Waals surface area contributed by atoms with Gasteiger partial charge in [-0.1, -0.05) is 100.0 Å². The molecule has 0 aromatic heterocycles. The topological polar surface area (TPSA) is 82.1 Å². The van der Waals surface area contributed by atoms with Crippen molar-refractivity contribution in [3.63, 3.8) is 0 Å². The Kier molecular flexibility index (Phi) is 39.4. The molecule has 54 heavy (non-hydrogen) atoms. The molecule has 0 saturated heterocycles. The second-order valence-electron chi connectivity index (χ2n) is 15.2. The molecule has 0 aliphatic rings. The summed E-state index contributed by atoms with van der Waals surface area (Å²) in [6.45, 7) is 4.93. The second kappa shape index (κ2) is 41.5. The van der Waals surface area contributed by atoms with Crippen LogP contribution in [0.1, 0.15) is 194 Å². The number of carbonyl (C=O) groups excluding carboxylic acids is 3. The summed E-state index contributed by atoms with van der Waals surface area (Å²) in [5.74, 6) is -0.394. The van der Waals surface area contributed by atoms with E-state index >= 15 is 0 Å². The summed E-state index contributed by atoms with van der Waals surface area (Å²) in [6.07, 6.45) is 49.6. The number of hydrogen-bond donors (Lipinski definition) is 0. The average Bonchev–Trinajstić information content (AvgIpc) is 3.12. The molecule has 0 aliphatic heterocycles. The molecule has 0 N–H and O–H groups in total. The van der Waals surface area contributed by atoms with Crippen LogP contribution in [0.3, 0.4) is 0 Å². The minimum atomic E-state index is -0.188. The molecule has 0 fully saturated rings. The van der Waals surface area contributed by atoms with E-state index in [1.165, 1.54) is 78.1 Å². The lowest BCUT2D eigenvalue weighted by molar-refractivity contribution is -0.150. The molecule has 0 rings (SSSR count). The van der Waals surface area contributed by atoms with Crippen LogP contribution in [0.4, 0.5) is 0 Å². The average molecular weight is 758 g/mol. The Morgan fingerprint density at radius 3 is 1.19 bits per heavy atom. The first-order valence-electron chi connectivity index (χ1n) is 22.0. The number of carbonyl (C=O) groups is 3. The zero-order valence-electron chi connectivity index (χ0n) is 35.5. The molecule has 0 amide bonds. The maximum absolute atomic E-state index is 12.6. The molecule has 0 spiro atoms. The van der Waals surface area contributed by atoms with Crippen LogP contribution in [0, 0.1) is 0 Å². The van der Waals surface area contributed by atoms with Gasteiger partial charge < -0.3 is 19.1 Å². The third-order valence-corrected chi connectivity index (χ3v) is 9.43. The first-order chi connectivity index (χ1) is 26.3. The summed E-state index contributed by atoms with van der Waals surface area (Å²) in [4.78, 5) is 36.2. The summed E-state index contributed by atoms with van der Waals surface area (Å²) >= 11 is 0. The van der Waals surface area contributed by atoms with Crippen molar-refractivity contribution in [2.45, 2.75) is 200 Å². The van der Waals surface area contributed by atoms with Gasteiger partial charge in [0.2, 0.25) is 0 Å². The third kappa shape index (κ3) is 43.7. The highest BCUT2D eigenvalue weighted by atomic mass is 16.5. The van der Waals surface area contributed by atoms with Gasteiger partial charge in [-0.2, -0.15) is 0 Å². The monoisotopic (exact) mass is 758 g/mol. The second-order valence-corrected chi connectivity index (χ2v) is 15.2. The molecular weight excluding hydrogens is 675 g/mol. The van der Waals surface area contributed by atoms with Gasteiger partial charge in [0, 0.05) is 20.3 Å². The van der Waals surface area contributed by atoms with Crippen LogP contribution in [0.5, 0.6) is 0 Å². The van der Waals surface area contributed by atoms with E-state index in [9.17, 15) is 14.4 Å². The van der Waals surface area contributed by atoms with Gasteiger partial charge in [-0.25, -0.2) is 0 Å². The van der Waals surface area contributed by atoms with Crippen molar-refractivity contribution in [1.82, 2.24) is 4.90 Å². The first-order valence-corrected chi connectivity index (χ1v) is 22.0. The minimum absolute atomic E-state index is 0.0186. The maximum atomic E-state index is 12.6. The predicted molar refractivity (Wildman–Crippen MR) is 228 cm³/mol. The fourth-order valence-corrected chi connectivity index (χ4v) is 6.26. The van der Waals surface area contributed by atoms with E-state index in [0.29, 0.717) is 19.6 Å². The first kappa shape index (κ1) is 51.3. The van der Waals surface area contributed by atoms with Gasteiger partial charge in [-0.15, -0.1) is 0 Å². The molecule has 0 aromatic rings. The standard InChI is InChI=1S/C47H83NO6/c1-44(49)52-42-35-31-27-23-19-15-11-7-5-9-13-17-21-25-29-33-38-46(54-47(51)40-37-41-48(3)4)39-34-30-26-22-18-14-10-6-8-12-16-20-24-28-32-36-43-53-45(2)50/h5-8,15-16,19-20,46H,9-14,17-18,21-43H2,1-4H3. The Bertz CT molecular complexity index is 921. The molecule has 7 heteroatoms. The molecule has 0 radical (unpaired) electrons. The zero-order valence-corrected chi connectivity index (χ0v) is 35.5. The fourth-order valence-electron chi connectivity index (χ4n) is 6.26. The van der Waals surface area contributed by atoms with Gasteiger partial charge in [-0.3, -0.25) is 14.4 Å². The van der Waals surface area contributed by atoms with Gasteiger partial charge in [0.1, 0.15) is 6.10 Å². The van der Waals surface area contributed by atoms with Crippen LogP contribution < -0.4 is 0 Å². The van der Waals surface area contributed by atoms with E-state index in [0.717, 1.165) is 116 Å². The van der Waals surface area contributed by atoms with Gasteiger partial charge in [-0.05, 0) is 143 Å². The van der Waals surface area contributed by atoms with Crippen LogP contribution in [0.15, 0.2) is 48.6 Å². The van der Waals surface area contributed by atoms with Crippen LogP contribution >= 0.6 is 0 Å². The molecular formula is C47H83NO6. The lowest BCUT2D eigenvalue weighted by atomic mass is 10.0. The van der Waals surface area contributed by atoms with E-state index < -0.39 is 0 Å². The number of nitrogens with zero attached hydrogens (tertiary/aromatic N) is 1. The molecule has 0 unspecified atom stereocenters. The number of unbranched alkanes of at least 4 members (excludes halogenated alkanes) is 18. The third-order valence-electron chi connectivity index (χ3n) is 9.43. The highest BCUT2D eigenvalue weighted by molar-refractivity contribution is 5.69. The largest absolute Gasteiger partial charge is 0.466 e. The Morgan fingerprint density at radius 1 is 0.463 bits per heavy atom. The van der Waals surface area contributed by atoms with Gasteiger partial charge in [0.05, 0.1) is 13.2 Å². The van der Waals surface area contributed by atoms with Crippen molar-refractivity contribution in [2.24, 2.45) is 0 Å². The van der Waals surface area contributed by atoms with E-state index in [1.54, 1.807) is 0 Å². The van der Waals surface area contributed by atoms with Crippen LogP contribution in [0.25, 0.3) is 0 Å². The van der Waals surface area contributed by atoms with Gasteiger partial charge >= 0.3 is 17.9 Å². The molecule has 0 aromatic carbocycles. The SMILES string of the molecule is CC(=O)OCCCCCC=CCC=CCCCCCCCCC(CCCCCCCCC=CCC=CCCCCCOC(C)=O)OC(=O)CCCN(C)C. The molecule has 312 valence electrons. The van der Waals surface area contributed by atoms with Crippen molar-refractivity contribution in [3.8, 4) is 0 Å². The van der Waals surface area contributed by atoms with E-state index in [1.807, 2.05) is 14.1 Å². The van der Waals surface area contributed by atoms with E-state index in [-0.39, 0.29) is 24.0 Å². The Hall–Kier alpha value is -2.67. The molecule has 0 atom stereocenters. The van der Waals surface area contributed by atoms with Crippen molar-refractivity contribution >= 4 is 17.9 Å². The summed E-state index contributed by atoms with van der Waals surface area (Å²) in [5, 5.41) is 0. The number of ether oxygens (including phenoxy) is 3. The van der Waals surface area contributed by atoms with Crippen LogP contribution in [0.2, 0.25) is 0 Å². The number of hydrogen-bond acceptors (Lipinski definition) is 7. The summed E-state index contributed by atoms with van der Waals surface area (Å²) in [7, 11) is 4.09. The zero-order chi connectivity index (χ0) is 39.6. The Labute approximate surface area is 332 Å². The molecule has 0 heterocycles. The predicted octanol–water partition coefficient (Wildman–Crippen LogP) is 12.7. The van der Waals surface area contributed by atoms with Crippen molar-refractivity contribution in [3.05, 3.63) is 48.6 Å². The normalized spacial score (nSPS) is 12.5. The molecule has 0 saturated carbocycles. The Balaban J connectivity index is 3.97. The van der Waals surface area contributed by atoms with Crippen molar-refractivity contribution in [2.75, 3.05) is 33.9 Å². The minimum Gasteiger partial charge on any atom is -0.466 e. The van der Waals surface area contributed by atoms with E-state index in [4.69, 9.17) is 14.2 Å². The summed E-state index contributed by atoms with van der Waals surface area (Å²) in [5.41, 5.74) is 0. The van der Waals surface area contributed by atoms with Crippen molar-refractivity contribution < 1.29 is 28.6 Å². The van der Waals surface area contributed by atoms with Gasteiger partial charge in [0.15, 0.2) is 0 Å². The number of esters is 3. The van der Waals surface area contributed by atoms with Crippen LogP contribution in [-0.4, -0.2) is 62.8 Å². The summed E-state index contributed by atoms with van der Waals surface area (Å²) in [6, 6.07) is 0. The summed E-state index contributed by atoms with van der Waals surface area (Å²) < 4.78 is 15.9. The number of allylic oxidation sites excluding steroid dienone is 8. The molecule has 0 bridgehead atoms. The van der Waals surface area contributed by atoms with Crippen LogP contribution in [-0.2, 0) is 28.6 Å². The van der Waals surface area contributed by atoms with Gasteiger partial charge in [0.25, 0.3) is 0 Å². The highest BCUT2D eigenvalue weighted by Gasteiger charge is 2.14. The smallest absolute Gasteiger partial charge is 0.306 e. The quantitative estimate of drug-likeness (QED) is 0.0267. The molecule has 0 aliphatic carbocycles. The lowest BCUT2D eigenvalue weighted by Crippen LogP contribution is -2.20. The Morgan fingerprint density at radius 2 is 0.815 bits per heavy atom. The fraction of sp³-hybridized carbons (Fsp3) is 0.766. The lowest BCUT2D eigenvalue weighted by Gasteiger charge is -2.18. The van der Waals surface area contributed by atoms with Crippen molar-refractivity contribution in [1.29, 1.82) is 0 Å². The van der Waals surface area contributed by atoms with E-state index in [2.05, 4.69) is 53.5 Å². The molecule has 7 nitrogen and oxygen atoms in total. The maximum Gasteiger partial charge on any atom is 0.306 e. The number of rotatable bonds is 39. The highest BCUT2D eigenvalue weighted by Crippen LogP contribution is 2.18.